The lowest BCUT2D eigenvalue weighted by Gasteiger charge is -2.33. The Morgan fingerprint density at radius 1 is 1.60 bits per heavy atom. The summed E-state index contributed by atoms with van der Waals surface area (Å²) in [4.78, 5) is 11.9. The average Bonchev–Trinajstić information content (AvgIpc) is 2.69. The summed E-state index contributed by atoms with van der Waals surface area (Å²) in [6.45, 7) is 2.12. The van der Waals surface area contributed by atoms with E-state index in [1.807, 2.05) is 0 Å². The zero-order valence-corrected chi connectivity index (χ0v) is 14.7. The lowest BCUT2D eigenvalue weighted by molar-refractivity contribution is -0.137. The van der Waals surface area contributed by atoms with Crippen molar-refractivity contribution in [2.75, 3.05) is 18.1 Å². The first-order valence-electron chi connectivity index (χ1n) is 5.89. The Hall–Kier alpha value is -0.0900. The van der Waals surface area contributed by atoms with Crippen molar-refractivity contribution < 1.29 is 18.3 Å². The molecule has 1 atom stereocenters. The summed E-state index contributed by atoms with van der Waals surface area (Å²) in [5.41, 5.74) is 0. The first kappa shape index (κ1) is 16.3. The Labute approximate surface area is 134 Å². The van der Waals surface area contributed by atoms with Crippen molar-refractivity contribution in [3.63, 3.8) is 0 Å². The lowest BCUT2D eigenvalue weighted by atomic mass is 10.2. The van der Waals surface area contributed by atoms with E-state index in [9.17, 15) is 13.2 Å². The van der Waals surface area contributed by atoms with Gasteiger partial charge in [-0.05, 0) is 28.9 Å². The quantitative estimate of drug-likeness (QED) is 0.840. The number of hydrogen-bond acceptors (Lipinski definition) is 5. The number of thioether (sulfide) groups is 1. The van der Waals surface area contributed by atoms with Crippen molar-refractivity contribution in [2.24, 2.45) is 0 Å². The molecule has 9 heteroatoms. The Bertz CT molecular complexity index is 613. The van der Waals surface area contributed by atoms with Crippen LogP contribution in [0.1, 0.15) is 11.3 Å². The van der Waals surface area contributed by atoms with E-state index < -0.39 is 22.0 Å². The second-order valence-electron chi connectivity index (χ2n) is 4.41. The van der Waals surface area contributed by atoms with Gasteiger partial charge in [-0.15, -0.1) is 11.3 Å². The van der Waals surface area contributed by atoms with Crippen molar-refractivity contribution in [2.45, 2.75) is 24.3 Å². The van der Waals surface area contributed by atoms with E-state index in [4.69, 9.17) is 5.11 Å². The summed E-state index contributed by atoms with van der Waals surface area (Å²) in [7, 11) is -3.63. The van der Waals surface area contributed by atoms with Gasteiger partial charge in [0, 0.05) is 29.0 Å². The normalized spacial score (nSPS) is 21.0. The topological polar surface area (TPSA) is 74.7 Å². The fourth-order valence-electron chi connectivity index (χ4n) is 2.13. The van der Waals surface area contributed by atoms with Crippen LogP contribution in [0.25, 0.3) is 0 Å². The second kappa shape index (κ2) is 6.35. The van der Waals surface area contributed by atoms with Gasteiger partial charge < -0.3 is 5.11 Å². The van der Waals surface area contributed by atoms with Crippen LogP contribution in [0.2, 0.25) is 0 Å². The maximum Gasteiger partial charge on any atom is 0.305 e. The molecule has 0 saturated carbocycles. The highest BCUT2D eigenvalue weighted by Gasteiger charge is 2.36. The molecule has 20 heavy (non-hydrogen) atoms. The van der Waals surface area contributed by atoms with E-state index in [1.54, 1.807) is 24.8 Å². The number of rotatable bonds is 4. The molecule has 1 unspecified atom stereocenters. The number of carboxylic acids is 1. The summed E-state index contributed by atoms with van der Waals surface area (Å²) in [5.74, 6) is 0.246. The Kier molecular flexibility index (Phi) is 5.17. The lowest BCUT2D eigenvalue weighted by Crippen LogP contribution is -2.47. The fraction of sp³-hybridized carbons (Fsp3) is 0.545. The molecule has 0 spiro atoms. The molecular weight excluding hydrogens is 386 g/mol. The Morgan fingerprint density at radius 3 is 2.85 bits per heavy atom. The van der Waals surface area contributed by atoms with E-state index in [1.165, 1.54) is 15.6 Å². The van der Waals surface area contributed by atoms with E-state index in [0.29, 0.717) is 22.9 Å². The molecule has 1 aromatic heterocycles. The fourth-order valence-corrected chi connectivity index (χ4v) is 7.41. The van der Waals surface area contributed by atoms with Crippen molar-refractivity contribution in [3.8, 4) is 0 Å². The molecule has 0 amide bonds. The zero-order valence-electron chi connectivity index (χ0n) is 10.7. The van der Waals surface area contributed by atoms with Crippen LogP contribution < -0.4 is 0 Å². The smallest absolute Gasteiger partial charge is 0.305 e. The summed E-state index contributed by atoms with van der Waals surface area (Å²) in [6, 6.07) is 1.11. The summed E-state index contributed by atoms with van der Waals surface area (Å²) >= 11 is 6.25. The van der Waals surface area contributed by atoms with Crippen molar-refractivity contribution >= 4 is 55.0 Å². The Balaban J connectivity index is 2.35. The van der Waals surface area contributed by atoms with Crippen LogP contribution in [0.15, 0.2) is 14.7 Å². The van der Waals surface area contributed by atoms with Gasteiger partial charge in [0.15, 0.2) is 0 Å². The van der Waals surface area contributed by atoms with Crippen LogP contribution >= 0.6 is 39.0 Å². The standard InChI is InChI=1S/C11H14BrNO4S3/c1-7-9(5-10(12)19-7)20(16,17)13-2-3-18-6-8(13)4-11(14)15/h5,8H,2-4,6H2,1H3,(H,14,15). The van der Waals surface area contributed by atoms with Crippen LogP contribution in [0.5, 0.6) is 0 Å². The van der Waals surface area contributed by atoms with Crippen LogP contribution in [0.3, 0.4) is 0 Å². The van der Waals surface area contributed by atoms with Crippen LogP contribution in [0, 0.1) is 6.92 Å². The molecule has 1 aliphatic rings. The highest BCUT2D eigenvalue weighted by atomic mass is 79.9. The van der Waals surface area contributed by atoms with Gasteiger partial charge in [-0.25, -0.2) is 8.42 Å². The van der Waals surface area contributed by atoms with Crippen molar-refractivity contribution in [3.05, 3.63) is 14.7 Å². The third kappa shape index (κ3) is 3.38. The molecule has 0 aliphatic carbocycles. The number of aliphatic carboxylic acids is 1. The van der Waals surface area contributed by atoms with Gasteiger partial charge in [0.05, 0.1) is 15.1 Å². The number of carboxylic acid groups (broad SMARTS) is 1. The molecule has 1 aliphatic heterocycles. The predicted octanol–water partition coefficient (Wildman–Crippen LogP) is 2.40. The molecule has 112 valence electrons. The minimum atomic E-state index is -3.63. The molecule has 0 bridgehead atoms. The maximum atomic E-state index is 12.7. The zero-order chi connectivity index (χ0) is 14.9. The molecule has 0 aromatic carbocycles. The summed E-state index contributed by atoms with van der Waals surface area (Å²) in [5, 5.41) is 8.94. The van der Waals surface area contributed by atoms with Gasteiger partial charge in [0.25, 0.3) is 0 Å². The van der Waals surface area contributed by atoms with E-state index in [-0.39, 0.29) is 11.3 Å². The van der Waals surface area contributed by atoms with E-state index >= 15 is 0 Å². The van der Waals surface area contributed by atoms with Crippen molar-refractivity contribution in [1.29, 1.82) is 0 Å². The molecule has 5 nitrogen and oxygen atoms in total. The molecule has 1 fully saturated rings. The molecule has 0 radical (unpaired) electrons. The largest absolute Gasteiger partial charge is 0.481 e. The van der Waals surface area contributed by atoms with Gasteiger partial charge in [0.1, 0.15) is 0 Å². The summed E-state index contributed by atoms with van der Waals surface area (Å²) in [6.07, 6.45) is -0.156. The first-order chi connectivity index (χ1) is 9.32. The van der Waals surface area contributed by atoms with Crippen molar-refractivity contribution in [1.82, 2.24) is 4.31 Å². The third-order valence-corrected chi connectivity index (χ3v) is 7.87. The SMILES string of the molecule is Cc1sc(Br)cc1S(=O)(=O)N1CCSCC1CC(=O)O. The number of carbonyl (C=O) groups is 1. The van der Waals surface area contributed by atoms with Gasteiger partial charge in [-0.1, -0.05) is 0 Å². The maximum absolute atomic E-state index is 12.7. The number of nitrogens with zero attached hydrogens (tertiary/aromatic N) is 1. The minimum absolute atomic E-state index is 0.156. The molecule has 1 saturated heterocycles. The number of hydrogen-bond donors (Lipinski definition) is 1. The second-order valence-corrected chi connectivity index (χ2v) is 10.1. The summed E-state index contributed by atoms with van der Waals surface area (Å²) < 4.78 is 27.6. The van der Waals surface area contributed by atoms with E-state index in [2.05, 4.69) is 15.9 Å². The highest BCUT2D eigenvalue weighted by Crippen LogP contribution is 2.34. The predicted molar refractivity (Wildman–Crippen MR) is 84.0 cm³/mol. The number of halogens is 1. The monoisotopic (exact) mass is 399 g/mol. The number of aryl methyl sites for hydroxylation is 1. The number of thiophene rings is 1. The van der Waals surface area contributed by atoms with Gasteiger partial charge in [-0.3, -0.25) is 4.79 Å². The molecule has 1 aromatic rings. The molecule has 2 heterocycles. The molecule has 1 N–H and O–H groups in total. The highest BCUT2D eigenvalue weighted by molar-refractivity contribution is 9.11. The van der Waals surface area contributed by atoms with Crippen LogP contribution in [-0.4, -0.2) is 47.9 Å². The van der Waals surface area contributed by atoms with Crippen LogP contribution in [-0.2, 0) is 14.8 Å². The van der Waals surface area contributed by atoms with Gasteiger partial charge in [0.2, 0.25) is 10.0 Å². The molecule has 2 rings (SSSR count). The first-order valence-corrected chi connectivity index (χ1v) is 10.1. The van der Waals surface area contributed by atoms with Crippen LogP contribution in [0.4, 0.5) is 0 Å². The third-order valence-electron chi connectivity index (χ3n) is 3.01. The average molecular weight is 400 g/mol. The Morgan fingerprint density at radius 2 is 2.30 bits per heavy atom. The number of sulfonamides is 1. The van der Waals surface area contributed by atoms with E-state index in [0.717, 1.165) is 3.79 Å². The van der Waals surface area contributed by atoms with Gasteiger partial charge in [-0.2, -0.15) is 16.1 Å². The molecular formula is C11H14BrNO4S3. The van der Waals surface area contributed by atoms with Gasteiger partial charge >= 0.3 is 5.97 Å². The minimum Gasteiger partial charge on any atom is -0.481 e.